The number of halogens is 2. The average molecular weight is 363 g/mol. The number of rotatable bonds is 4. The minimum absolute atomic E-state index is 0. The summed E-state index contributed by atoms with van der Waals surface area (Å²) in [5.74, 6) is 0.563. The lowest BCUT2D eigenvalue weighted by atomic mass is 10.1. The molecule has 0 heterocycles. The second kappa shape index (κ2) is 6.92. The van der Waals surface area contributed by atoms with Crippen LogP contribution in [0.2, 0.25) is 0 Å². The SMILES string of the molecule is CCCN=C(N)NC1CC1c1ccccc1F.I. The summed E-state index contributed by atoms with van der Waals surface area (Å²) in [5, 5.41) is 3.13. The van der Waals surface area contributed by atoms with Crippen molar-refractivity contribution in [3.63, 3.8) is 0 Å². The molecule has 2 rings (SSSR count). The van der Waals surface area contributed by atoms with Crippen LogP contribution in [0.15, 0.2) is 29.3 Å². The number of hydrogen-bond acceptors (Lipinski definition) is 1. The number of benzene rings is 1. The Bertz CT molecular complexity index is 422. The van der Waals surface area contributed by atoms with Crippen molar-refractivity contribution in [2.75, 3.05) is 6.54 Å². The van der Waals surface area contributed by atoms with Gasteiger partial charge in [0.05, 0.1) is 0 Å². The van der Waals surface area contributed by atoms with Gasteiger partial charge in [0.1, 0.15) is 5.82 Å². The van der Waals surface area contributed by atoms with Crippen LogP contribution in [-0.4, -0.2) is 18.5 Å². The summed E-state index contributed by atoms with van der Waals surface area (Å²) >= 11 is 0. The second-order valence-electron chi connectivity index (χ2n) is 4.38. The Labute approximate surface area is 124 Å². The van der Waals surface area contributed by atoms with Gasteiger partial charge in [0.2, 0.25) is 0 Å². The first-order valence-corrected chi connectivity index (χ1v) is 6.03. The predicted molar refractivity (Wildman–Crippen MR) is 82.9 cm³/mol. The molecule has 18 heavy (non-hydrogen) atoms. The van der Waals surface area contributed by atoms with Crippen LogP contribution in [0, 0.1) is 5.82 Å². The number of hydrogen-bond donors (Lipinski definition) is 2. The number of aliphatic imine (C=N–C) groups is 1. The van der Waals surface area contributed by atoms with Crippen molar-refractivity contribution in [3.8, 4) is 0 Å². The highest BCUT2D eigenvalue weighted by Crippen LogP contribution is 2.41. The number of nitrogens with one attached hydrogen (secondary N) is 1. The fraction of sp³-hybridized carbons (Fsp3) is 0.462. The first kappa shape index (κ1) is 15.2. The lowest BCUT2D eigenvalue weighted by Crippen LogP contribution is -2.34. The Hall–Kier alpha value is -0.850. The Balaban J connectivity index is 0.00000162. The fourth-order valence-electron chi connectivity index (χ4n) is 1.94. The molecule has 0 radical (unpaired) electrons. The van der Waals surface area contributed by atoms with E-state index in [2.05, 4.69) is 17.2 Å². The lowest BCUT2D eigenvalue weighted by Gasteiger charge is -2.05. The molecule has 3 nitrogen and oxygen atoms in total. The van der Waals surface area contributed by atoms with Gasteiger partial charge in [-0.05, 0) is 24.5 Å². The molecule has 2 unspecified atom stereocenters. The minimum atomic E-state index is -0.133. The third-order valence-corrected chi connectivity index (χ3v) is 2.93. The molecular formula is C13H19FIN3. The van der Waals surface area contributed by atoms with Crippen molar-refractivity contribution in [1.29, 1.82) is 0 Å². The predicted octanol–water partition coefficient (Wildman–Crippen LogP) is 2.61. The smallest absolute Gasteiger partial charge is 0.188 e. The van der Waals surface area contributed by atoms with Gasteiger partial charge in [-0.15, -0.1) is 24.0 Å². The van der Waals surface area contributed by atoms with Crippen molar-refractivity contribution in [2.24, 2.45) is 10.7 Å². The van der Waals surface area contributed by atoms with Gasteiger partial charge < -0.3 is 11.1 Å². The Morgan fingerprint density at radius 3 is 2.89 bits per heavy atom. The molecule has 0 aromatic heterocycles. The van der Waals surface area contributed by atoms with Crippen LogP contribution in [0.4, 0.5) is 4.39 Å². The lowest BCUT2D eigenvalue weighted by molar-refractivity contribution is 0.608. The quantitative estimate of drug-likeness (QED) is 0.491. The molecule has 3 N–H and O–H groups in total. The summed E-state index contributed by atoms with van der Waals surface area (Å²) in [5.41, 5.74) is 6.50. The summed E-state index contributed by atoms with van der Waals surface area (Å²) < 4.78 is 13.5. The van der Waals surface area contributed by atoms with E-state index in [-0.39, 0.29) is 41.8 Å². The zero-order valence-electron chi connectivity index (χ0n) is 10.4. The van der Waals surface area contributed by atoms with Gasteiger partial charge in [0.15, 0.2) is 5.96 Å². The molecule has 0 saturated heterocycles. The number of guanidine groups is 1. The molecule has 0 aliphatic heterocycles. The van der Waals surface area contributed by atoms with Crippen LogP contribution in [-0.2, 0) is 0 Å². The number of nitrogens with zero attached hydrogens (tertiary/aromatic N) is 1. The van der Waals surface area contributed by atoms with E-state index in [1.54, 1.807) is 6.07 Å². The van der Waals surface area contributed by atoms with Gasteiger partial charge in [-0.3, -0.25) is 4.99 Å². The van der Waals surface area contributed by atoms with Gasteiger partial charge in [-0.1, -0.05) is 25.1 Å². The molecule has 1 aromatic rings. The van der Waals surface area contributed by atoms with Crippen LogP contribution in [0.1, 0.15) is 31.2 Å². The molecule has 0 amide bonds. The van der Waals surface area contributed by atoms with Gasteiger partial charge in [-0.25, -0.2) is 4.39 Å². The zero-order valence-corrected chi connectivity index (χ0v) is 12.7. The van der Waals surface area contributed by atoms with Crippen molar-refractivity contribution in [1.82, 2.24) is 5.32 Å². The molecule has 5 heteroatoms. The monoisotopic (exact) mass is 363 g/mol. The standard InChI is InChI=1S/C13H18FN3.HI/c1-2-7-16-13(15)17-12-8-10(12)9-5-3-4-6-11(9)14;/h3-6,10,12H,2,7-8H2,1H3,(H3,15,16,17);1H. The van der Waals surface area contributed by atoms with Crippen molar-refractivity contribution >= 4 is 29.9 Å². The van der Waals surface area contributed by atoms with E-state index in [4.69, 9.17) is 5.73 Å². The van der Waals surface area contributed by atoms with Crippen LogP contribution in [0.3, 0.4) is 0 Å². The topological polar surface area (TPSA) is 50.4 Å². The molecule has 0 bridgehead atoms. The van der Waals surface area contributed by atoms with E-state index in [1.807, 2.05) is 12.1 Å². The van der Waals surface area contributed by atoms with E-state index in [1.165, 1.54) is 6.07 Å². The molecule has 1 aromatic carbocycles. The van der Waals surface area contributed by atoms with E-state index in [9.17, 15) is 4.39 Å². The maximum Gasteiger partial charge on any atom is 0.188 e. The van der Waals surface area contributed by atoms with Crippen molar-refractivity contribution < 1.29 is 4.39 Å². The molecule has 0 spiro atoms. The van der Waals surface area contributed by atoms with Gasteiger partial charge in [-0.2, -0.15) is 0 Å². The summed E-state index contributed by atoms with van der Waals surface area (Å²) in [4.78, 5) is 4.16. The van der Waals surface area contributed by atoms with Crippen molar-refractivity contribution in [2.45, 2.75) is 31.7 Å². The first-order valence-electron chi connectivity index (χ1n) is 6.03. The van der Waals surface area contributed by atoms with E-state index in [0.717, 1.165) is 24.9 Å². The second-order valence-corrected chi connectivity index (χ2v) is 4.38. The zero-order chi connectivity index (χ0) is 12.3. The Morgan fingerprint density at radius 2 is 2.22 bits per heavy atom. The largest absolute Gasteiger partial charge is 0.370 e. The highest BCUT2D eigenvalue weighted by molar-refractivity contribution is 14.0. The van der Waals surface area contributed by atoms with E-state index in [0.29, 0.717) is 5.96 Å². The minimum Gasteiger partial charge on any atom is -0.370 e. The molecule has 1 aliphatic rings. The van der Waals surface area contributed by atoms with Crippen LogP contribution in [0.25, 0.3) is 0 Å². The fourth-order valence-corrected chi connectivity index (χ4v) is 1.94. The van der Waals surface area contributed by atoms with Gasteiger partial charge >= 0.3 is 0 Å². The summed E-state index contributed by atoms with van der Waals surface area (Å²) in [7, 11) is 0. The Morgan fingerprint density at radius 1 is 1.50 bits per heavy atom. The highest BCUT2D eigenvalue weighted by atomic mass is 127. The summed E-state index contributed by atoms with van der Waals surface area (Å²) in [6.07, 6.45) is 1.90. The third-order valence-electron chi connectivity index (χ3n) is 2.93. The van der Waals surface area contributed by atoms with E-state index < -0.39 is 0 Å². The van der Waals surface area contributed by atoms with E-state index >= 15 is 0 Å². The maximum absolute atomic E-state index is 13.5. The van der Waals surface area contributed by atoms with Gasteiger partial charge in [0.25, 0.3) is 0 Å². The summed E-state index contributed by atoms with van der Waals surface area (Å²) in [6.45, 7) is 2.78. The van der Waals surface area contributed by atoms with Crippen LogP contribution >= 0.6 is 24.0 Å². The maximum atomic E-state index is 13.5. The molecule has 1 saturated carbocycles. The van der Waals surface area contributed by atoms with Crippen LogP contribution in [0.5, 0.6) is 0 Å². The normalized spacial score (nSPS) is 22.2. The molecule has 1 aliphatic carbocycles. The van der Waals surface area contributed by atoms with Crippen molar-refractivity contribution in [3.05, 3.63) is 35.6 Å². The van der Waals surface area contributed by atoms with Gasteiger partial charge in [0, 0.05) is 18.5 Å². The summed E-state index contributed by atoms with van der Waals surface area (Å²) in [6, 6.07) is 7.14. The molecule has 2 atom stereocenters. The molecule has 1 fully saturated rings. The third kappa shape index (κ3) is 3.83. The van der Waals surface area contributed by atoms with Crippen LogP contribution < -0.4 is 11.1 Å². The Kier molecular flexibility index (Phi) is 5.84. The number of nitrogens with two attached hydrogens (primary N) is 1. The molecule has 100 valence electrons. The molecular weight excluding hydrogens is 344 g/mol. The highest BCUT2D eigenvalue weighted by Gasteiger charge is 2.40. The first-order chi connectivity index (χ1) is 8.22. The average Bonchev–Trinajstić information content (AvgIpc) is 3.06.